The Balaban J connectivity index is 2.21. The number of aromatic nitrogens is 1. The highest BCUT2D eigenvalue weighted by atomic mass is 19.1. The zero-order chi connectivity index (χ0) is 15.2. The van der Waals surface area contributed by atoms with Gasteiger partial charge in [-0.3, -0.25) is 9.78 Å². The molecule has 1 aromatic carbocycles. The molecule has 21 heavy (non-hydrogen) atoms. The van der Waals surface area contributed by atoms with E-state index >= 15 is 0 Å². The first-order valence-corrected chi connectivity index (χ1v) is 6.81. The molecule has 1 heterocycles. The Kier molecular flexibility index (Phi) is 4.87. The summed E-state index contributed by atoms with van der Waals surface area (Å²) < 4.78 is 13.8. The van der Waals surface area contributed by atoms with Crippen LogP contribution in [-0.2, 0) is 6.54 Å². The zero-order valence-corrected chi connectivity index (χ0v) is 12.1. The lowest BCUT2D eigenvalue weighted by molar-refractivity contribution is 0.0784. The van der Waals surface area contributed by atoms with Crippen molar-refractivity contribution in [1.29, 1.82) is 0 Å². The lowest BCUT2D eigenvalue weighted by Gasteiger charge is -2.19. The number of para-hydroxylation sites is 1. The molecule has 0 saturated heterocycles. The number of amides is 1. The Bertz CT molecular complexity index is 616. The number of nitrogens with zero attached hydrogens (tertiary/aromatic N) is 2. The summed E-state index contributed by atoms with van der Waals surface area (Å²) in [4.78, 5) is 18.2. The predicted octanol–water partition coefficient (Wildman–Crippen LogP) is 2.92. The normalized spacial score (nSPS) is 10.2. The van der Waals surface area contributed by atoms with Gasteiger partial charge in [-0.1, -0.05) is 12.1 Å². The fourth-order valence-corrected chi connectivity index (χ4v) is 2.07. The van der Waals surface area contributed by atoms with Crippen molar-refractivity contribution in [2.75, 3.05) is 18.9 Å². The van der Waals surface area contributed by atoms with Crippen LogP contribution in [0.1, 0.15) is 23.0 Å². The molecule has 1 N–H and O–H groups in total. The first kappa shape index (κ1) is 15.0. The molecular weight excluding hydrogens is 269 g/mol. The maximum Gasteiger partial charge on any atom is 0.256 e. The molecule has 1 amide bonds. The van der Waals surface area contributed by atoms with E-state index in [2.05, 4.69) is 10.3 Å². The number of benzene rings is 1. The van der Waals surface area contributed by atoms with Crippen LogP contribution in [0.15, 0.2) is 42.6 Å². The number of carbonyl (C=O) groups excluding carboxylic acids is 1. The molecule has 0 aliphatic heterocycles. The summed E-state index contributed by atoms with van der Waals surface area (Å²) >= 11 is 0. The molecule has 0 atom stereocenters. The van der Waals surface area contributed by atoms with E-state index in [-0.39, 0.29) is 11.6 Å². The fraction of sp³-hybridized carbons (Fsp3) is 0.250. The van der Waals surface area contributed by atoms with E-state index in [1.807, 2.05) is 25.1 Å². The Morgan fingerprint density at radius 3 is 2.76 bits per heavy atom. The molecule has 0 spiro atoms. The average Bonchev–Trinajstić information content (AvgIpc) is 2.50. The third kappa shape index (κ3) is 3.56. The van der Waals surface area contributed by atoms with Gasteiger partial charge in [-0.15, -0.1) is 0 Å². The molecule has 110 valence electrons. The van der Waals surface area contributed by atoms with Gasteiger partial charge in [-0.2, -0.15) is 0 Å². The van der Waals surface area contributed by atoms with Gasteiger partial charge >= 0.3 is 0 Å². The average molecular weight is 287 g/mol. The van der Waals surface area contributed by atoms with Crippen LogP contribution in [-0.4, -0.2) is 29.4 Å². The minimum atomic E-state index is -0.422. The first-order chi connectivity index (χ1) is 10.1. The van der Waals surface area contributed by atoms with Crippen molar-refractivity contribution in [2.24, 2.45) is 0 Å². The van der Waals surface area contributed by atoms with Crippen LogP contribution in [0.5, 0.6) is 0 Å². The van der Waals surface area contributed by atoms with Gasteiger partial charge in [0.2, 0.25) is 0 Å². The van der Waals surface area contributed by atoms with Crippen molar-refractivity contribution in [3.63, 3.8) is 0 Å². The molecular formula is C16H18FN3O. The van der Waals surface area contributed by atoms with Gasteiger partial charge in [-0.05, 0) is 31.2 Å². The van der Waals surface area contributed by atoms with Crippen molar-refractivity contribution in [2.45, 2.75) is 13.5 Å². The van der Waals surface area contributed by atoms with E-state index < -0.39 is 5.82 Å². The number of nitrogens with one attached hydrogen (secondary N) is 1. The van der Waals surface area contributed by atoms with Gasteiger partial charge in [0.15, 0.2) is 0 Å². The summed E-state index contributed by atoms with van der Waals surface area (Å²) in [5, 5.41) is 2.91. The maximum atomic E-state index is 13.8. The van der Waals surface area contributed by atoms with E-state index in [1.165, 1.54) is 17.0 Å². The molecule has 0 aliphatic rings. The molecule has 2 rings (SSSR count). The molecule has 0 fully saturated rings. The molecule has 2 aromatic rings. The van der Waals surface area contributed by atoms with Gasteiger partial charge in [0.1, 0.15) is 5.82 Å². The monoisotopic (exact) mass is 287 g/mol. The molecule has 0 unspecified atom stereocenters. The van der Waals surface area contributed by atoms with E-state index in [4.69, 9.17) is 0 Å². The highest BCUT2D eigenvalue weighted by molar-refractivity contribution is 5.99. The Labute approximate surface area is 123 Å². The molecule has 4 nitrogen and oxygen atoms in total. The summed E-state index contributed by atoms with van der Waals surface area (Å²) in [5.74, 6) is -0.662. The van der Waals surface area contributed by atoms with Gasteiger partial charge in [0.25, 0.3) is 5.91 Å². The summed E-state index contributed by atoms with van der Waals surface area (Å²) in [6.45, 7) is 2.78. The molecule has 0 radical (unpaired) electrons. The van der Waals surface area contributed by atoms with Crippen LogP contribution in [0.25, 0.3) is 0 Å². The van der Waals surface area contributed by atoms with Crippen LogP contribution >= 0.6 is 0 Å². The third-order valence-corrected chi connectivity index (χ3v) is 3.07. The van der Waals surface area contributed by atoms with E-state index in [9.17, 15) is 9.18 Å². The Morgan fingerprint density at radius 2 is 2.10 bits per heavy atom. The van der Waals surface area contributed by atoms with Gasteiger partial charge in [0.05, 0.1) is 23.5 Å². The topological polar surface area (TPSA) is 45.2 Å². The number of rotatable bonds is 5. The first-order valence-electron chi connectivity index (χ1n) is 6.81. The number of anilines is 1. The zero-order valence-electron chi connectivity index (χ0n) is 12.1. The van der Waals surface area contributed by atoms with Crippen molar-refractivity contribution in [3.8, 4) is 0 Å². The van der Waals surface area contributed by atoms with Crippen LogP contribution in [0.3, 0.4) is 0 Å². The molecule has 0 aliphatic carbocycles. The SMILES string of the molecule is CCNc1c(F)cccc1C(=O)N(C)Cc1ccccn1. The second-order valence-corrected chi connectivity index (χ2v) is 4.68. The predicted molar refractivity (Wildman–Crippen MR) is 80.6 cm³/mol. The number of halogens is 1. The smallest absolute Gasteiger partial charge is 0.256 e. The fourth-order valence-electron chi connectivity index (χ4n) is 2.07. The minimum Gasteiger partial charge on any atom is -0.382 e. The summed E-state index contributed by atoms with van der Waals surface area (Å²) in [5.41, 5.74) is 1.36. The Hall–Kier alpha value is -2.43. The quantitative estimate of drug-likeness (QED) is 0.919. The van der Waals surface area contributed by atoms with E-state index in [0.717, 1.165) is 5.69 Å². The molecule has 0 saturated carbocycles. The highest BCUT2D eigenvalue weighted by Crippen LogP contribution is 2.21. The largest absolute Gasteiger partial charge is 0.382 e. The van der Waals surface area contributed by atoms with Gasteiger partial charge in [-0.25, -0.2) is 4.39 Å². The third-order valence-electron chi connectivity index (χ3n) is 3.07. The summed E-state index contributed by atoms with van der Waals surface area (Å²) in [7, 11) is 1.68. The van der Waals surface area contributed by atoms with Crippen LogP contribution in [0.2, 0.25) is 0 Å². The van der Waals surface area contributed by atoms with Crippen molar-refractivity contribution in [1.82, 2.24) is 9.88 Å². The van der Waals surface area contributed by atoms with E-state index in [1.54, 1.807) is 19.3 Å². The number of hydrogen-bond donors (Lipinski definition) is 1. The van der Waals surface area contributed by atoms with Gasteiger partial charge < -0.3 is 10.2 Å². The van der Waals surface area contributed by atoms with Gasteiger partial charge in [0, 0.05) is 19.8 Å². The lowest BCUT2D eigenvalue weighted by atomic mass is 10.1. The molecule has 1 aromatic heterocycles. The standard InChI is InChI=1S/C16H18FN3O/c1-3-18-15-13(8-6-9-14(15)17)16(21)20(2)11-12-7-4-5-10-19-12/h4-10,18H,3,11H2,1-2H3. The second-order valence-electron chi connectivity index (χ2n) is 4.68. The number of hydrogen-bond acceptors (Lipinski definition) is 3. The second kappa shape index (κ2) is 6.83. The van der Waals surface area contributed by atoms with Crippen molar-refractivity contribution in [3.05, 3.63) is 59.7 Å². The van der Waals surface area contributed by atoms with E-state index in [0.29, 0.717) is 18.7 Å². The molecule has 0 bridgehead atoms. The summed E-state index contributed by atoms with van der Waals surface area (Å²) in [6.07, 6.45) is 1.68. The highest BCUT2D eigenvalue weighted by Gasteiger charge is 2.18. The summed E-state index contributed by atoms with van der Waals surface area (Å²) in [6, 6.07) is 10.0. The van der Waals surface area contributed by atoms with Crippen molar-refractivity contribution < 1.29 is 9.18 Å². The minimum absolute atomic E-state index is 0.240. The number of pyridine rings is 1. The maximum absolute atomic E-state index is 13.8. The number of carbonyl (C=O) groups is 1. The Morgan fingerprint density at radius 1 is 1.29 bits per heavy atom. The van der Waals surface area contributed by atoms with Crippen LogP contribution in [0.4, 0.5) is 10.1 Å². The van der Waals surface area contributed by atoms with Crippen LogP contribution in [0, 0.1) is 5.82 Å². The molecule has 5 heteroatoms. The van der Waals surface area contributed by atoms with Crippen molar-refractivity contribution >= 4 is 11.6 Å². The lowest BCUT2D eigenvalue weighted by Crippen LogP contribution is -2.27. The van der Waals surface area contributed by atoms with Crippen LogP contribution < -0.4 is 5.32 Å².